The number of nitrogens with one attached hydrogen (secondary N) is 3. The van der Waals surface area contributed by atoms with Crippen LogP contribution in [0.3, 0.4) is 0 Å². The van der Waals surface area contributed by atoms with Crippen LogP contribution in [0.4, 0.5) is 11.4 Å². The van der Waals surface area contributed by atoms with Crippen molar-refractivity contribution >= 4 is 23.2 Å². The van der Waals surface area contributed by atoms with Crippen molar-refractivity contribution in [3.63, 3.8) is 0 Å². The molecule has 3 N–H and O–H groups in total. The lowest BCUT2D eigenvalue weighted by Gasteiger charge is -2.19. The van der Waals surface area contributed by atoms with Crippen LogP contribution in [-0.2, 0) is 9.59 Å². The molecule has 6 nitrogen and oxygen atoms in total. The Morgan fingerprint density at radius 2 is 2.04 bits per heavy atom. The largest absolute Gasteiger partial charge is 0.482 e. The number of hydrogen-bond acceptors (Lipinski definition) is 4. The first-order valence-corrected chi connectivity index (χ1v) is 9.88. The first-order chi connectivity index (χ1) is 13.5. The van der Waals surface area contributed by atoms with Crippen LogP contribution in [0.15, 0.2) is 42.6 Å². The van der Waals surface area contributed by atoms with Gasteiger partial charge in [0.15, 0.2) is 6.61 Å². The molecule has 0 saturated carbocycles. The fraction of sp³-hybridized carbons (Fsp3) is 0.455. The van der Waals surface area contributed by atoms with Crippen LogP contribution in [0, 0.1) is 5.92 Å². The van der Waals surface area contributed by atoms with Gasteiger partial charge in [-0.15, -0.1) is 0 Å². The van der Waals surface area contributed by atoms with E-state index in [1.807, 2.05) is 27.0 Å². The molecule has 1 heterocycles. The first-order valence-electron chi connectivity index (χ1n) is 9.88. The number of rotatable bonds is 8. The molecule has 0 radical (unpaired) electrons. The summed E-state index contributed by atoms with van der Waals surface area (Å²) in [7, 11) is 0. The summed E-state index contributed by atoms with van der Waals surface area (Å²) < 4.78 is 5.28. The Balaban J connectivity index is 0.000000336. The van der Waals surface area contributed by atoms with Crippen LogP contribution in [0.2, 0.25) is 0 Å². The van der Waals surface area contributed by atoms with Crippen LogP contribution in [-0.4, -0.2) is 25.0 Å². The number of unbranched alkanes of at least 4 members (excludes halogenated alkanes) is 1. The first kappa shape index (κ1) is 23.3. The number of hydrogen-bond donors (Lipinski definition) is 3. The van der Waals surface area contributed by atoms with Gasteiger partial charge in [0, 0.05) is 24.2 Å². The Labute approximate surface area is 168 Å². The van der Waals surface area contributed by atoms with Crippen LogP contribution < -0.4 is 20.7 Å². The van der Waals surface area contributed by atoms with Crippen LogP contribution in [0.25, 0.3) is 0 Å². The molecule has 6 heteroatoms. The molecule has 1 aliphatic heterocycles. The van der Waals surface area contributed by atoms with Gasteiger partial charge in [0.25, 0.3) is 5.91 Å². The summed E-state index contributed by atoms with van der Waals surface area (Å²) in [6.45, 7) is 9.01. The van der Waals surface area contributed by atoms with E-state index in [1.54, 1.807) is 18.2 Å². The Hall–Kier alpha value is -2.76. The number of allylic oxidation sites excluding steroid dienone is 3. The van der Waals surface area contributed by atoms with E-state index in [0.717, 1.165) is 25.8 Å². The summed E-state index contributed by atoms with van der Waals surface area (Å²) in [5.41, 5.74) is 1.31. The smallest absolute Gasteiger partial charge is 0.262 e. The second-order valence-corrected chi connectivity index (χ2v) is 6.45. The minimum atomic E-state index is -0.168. The molecule has 0 bridgehead atoms. The molecule has 1 atom stereocenters. The van der Waals surface area contributed by atoms with E-state index in [-0.39, 0.29) is 24.3 Å². The summed E-state index contributed by atoms with van der Waals surface area (Å²) in [5, 5.41) is 8.64. The molecule has 2 rings (SSSR count). The lowest BCUT2D eigenvalue weighted by molar-refractivity contribution is -0.120. The van der Waals surface area contributed by atoms with E-state index in [0.29, 0.717) is 17.1 Å². The molecule has 2 amide bonds. The van der Waals surface area contributed by atoms with E-state index in [2.05, 4.69) is 41.1 Å². The second kappa shape index (κ2) is 13.4. The summed E-state index contributed by atoms with van der Waals surface area (Å²) in [6, 6.07) is 5.18. The molecule has 0 fully saturated rings. The number of fused-ring (bicyclic) bond motifs is 1. The predicted molar refractivity (Wildman–Crippen MR) is 116 cm³/mol. The third kappa shape index (κ3) is 8.75. The van der Waals surface area contributed by atoms with Crippen molar-refractivity contribution in [2.75, 3.05) is 23.8 Å². The van der Waals surface area contributed by atoms with Gasteiger partial charge >= 0.3 is 0 Å². The van der Waals surface area contributed by atoms with Gasteiger partial charge in [-0.25, -0.2) is 0 Å². The molecule has 154 valence electrons. The summed E-state index contributed by atoms with van der Waals surface area (Å²) >= 11 is 0. The van der Waals surface area contributed by atoms with E-state index in [9.17, 15) is 9.59 Å². The maximum atomic E-state index is 11.7. The molecule has 1 aliphatic rings. The van der Waals surface area contributed by atoms with Crippen LogP contribution in [0.5, 0.6) is 5.75 Å². The number of carbonyl (C=O) groups is 2. The van der Waals surface area contributed by atoms with Gasteiger partial charge in [-0.05, 0) is 51.4 Å². The Kier molecular flexibility index (Phi) is 11.2. The minimum absolute atomic E-state index is 0.00969. The van der Waals surface area contributed by atoms with Crippen molar-refractivity contribution < 1.29 is 14.3 Å². The maximum absolute atomic E-state index is 11.7. The van der Waals surface area contributed by atoms with E-state index < -0.39 is 0 Å². The summed E-state index contributed by atoms with van der Waals surface area (Å²) in [4.78, 5) is 22.9. The van der Waals surface area contributed by atoms with E-state index in [4.69, 9.17) is 4.74 Å². The lowest BCUT2D eigenvalue weighted by atomic mass is 10.1. The summed E-state index contributed by atoms with van der Waals surface area (Å²) in [6.07, 6.45) is 11.5. The Bertz CT molecular complexity index is 684. The molecule has 0 aromatic heterocycles. The zero-order chi connectivity index (χ0) is 20.8. The van der Waals surface area contributed by atoms with Crippen molar-refractivity contribution in [1.29, 1.82) is 0 Å². The number of benzene rings is 1. The third-order valence-electron chi connectivity index (χ3n) is 4.12. The van der Waals surface area contributed by atoms with Crippen LogP contribution >= 0.6 is 0 Å². The number of anilines is 2. The highest BCUT2D eigenvalue weighted by atomic mass is 16.5. The predicted octanol–water partition coefficient (Wildman–Crippen LogP) is 4.47. The zero-order valence-corrected chi connectivity index (χ0v) is 17.4. The Morgan fingerprint density at radius 3 is 2.71 bits per heavy atom. The molecular weight excluding hydrogens is 354 g/mol. The number of ether oxygens (including phenoxy) is 1. The topological polar surface area (TPSA) is 79.5 Å². The van der Waals surface area contributed by atoms with Gasteiger partial charge in [-0.1, -0.05) is 32.1 Å². The fourth-order valence-corrected chi connectivity index (χ4v) is 2.25. The SMILES string of the molecule is C/C=C\CC/C=C/NCC.CCC(C)C(=O)Nc1ccc2c(c1)OCC(=O)N2. The third-order valence-corrected chi connectivity index (χ3v) is 4.12. The van der Waals surface area contributed by atoms with Gasteiger partial charge in [0.1, 0.15) is 5.75 Å². The van der Waals surface area contributed by atoms with Crippen molar-refractivity contribution in [3.8, 4) is 5.75 Å². The molecule has 1 aromatic rings. The van der Waals surface area contributed by atoms with Gasteiger partial charge in [-0.2, -0.15) is 0 Å². The van der Waals surface area contributed by atoms with Gasteiger partial charge in [-0.3, -0.25) is 9.59 Å². The van der Waals surface area contributed by atoms with E-state index >= 15 is 0 Å². The quantitative estimate of drug-likeness (QED) is 0.454. The van der Waals surface area contributed by atoms with Crippen LogP contribution in [0.1, 0.15) is 47.0 Å². The van der Waals surface area contributed by atoms with Gasteiger partial charge in [0.05, 0.1) is 5.69 Å². The molecule has 0 saturated heterocycles. The molecule has 28 heavy (non-hydrogen) atoms. The molecule has 0 spiro atoms. The van der Waals surface area contributed by atoms with Crippen molar-refractivity contribution in [2.24, 2.45) is 5.92 Å². The highest BCUT2D eigenvalue weighted by Gasteiger charge is 2.17. The second-order valence-electron chi connectivity index (χ2n) is 6.45. The van der Waals surface area contributed by atoms with Crippen molar-refractivity contribution in [2.45, 2.75) is 47.0 Å². The summed E-state index contributed by atoms with van der Waals surface area (Å²) in [5.74, 6) is 0.370. The molecule has 0 aliphatic carbocycles. The minimum Gasteiger partial charge on any atom is -0.482 e. The lowest BCUT2D eigenvalue weighted by Crippen LogP contribution is -2.25. The average molecular weight is 388 g/mol. The monoisotopic (exact) mass is 387 g/mol. The standard InChI is InChI=1S/C13H16N2O3.C9H17N/c1-3-8(2)13(17)14-9-4-5-10-11(6-9)18-7-12(16)15-10;1-3-5-6-7-8-9-10-4-2/h4-6,8H,3,7H2,1-2H3,(H,14,17)(H,15,16);3,5,8-10H,4,6-7H2,1-2H3/b;5-3-,9-8+. The highest BCUT2D eigenvalue weighted by molar-refractivity contribution is 5.97. The normalized spacial score (nSPS) is 13.8. The van der Waals surface area contributed by atoms with E-state index in [1.165, 1.54) is 0 Å². The van der Waals surface area contributed by atoms with Gasteiger partial charge in [0.2, 0.25) is 5.91 Å². The molecular formula is C22H33N3O3. The molecule has 1 aromatic carbocycles. The highest BCUT2D eigenvalue weighted by Crippen LogP contribution is 2.30. The average Bonchev–Trinajstić information content (AvgIpc) is 2.70. The number of amides is 2. The van der Waals surface area contributed by atoms with Crippen molar-refractivity contribution in [3.05, 3.63) is 42.6 Å². The zero-order valence-electron chi connectivity index (χ0n) is 17.4. The van der Waals surface area contributed by atoms with Gasteiger partial charge < -0.3 is 20.7 Å². The Morgan fingerprint density at radius 1 is 1.29 bits per heavy atom. The number of carbonyl (C=O) groups excluding carboxylic acids is 2. The molecule has 1 unspecified atom stereocenters. The fourth-order valence-electron chi connectivity index (χ4n) is 2.25. The maximum Gasteiger partial charge on any atom is 0.262 e. The van der Waals surface area contributed by atoms with Crippen molar-refractivity contribution in [1.82, 2.24) is 5.32 Å².